The molecular formula is C12H11BrF3N3O. The van der Waals surface area contributed by atoms with E-state index in [0.717, 1.165) is 22.9 Å². The van der Waals surface area contributed by atoms with E-state index in [1.165, 1.54) is 6.20 Å². The van der Waals surface area contributed by atoms with Crippen LogP contribution < -0.4 is 5.56 Å². The Bertz CT molecular complexity index is 743. The van der Waals surface area contributed by atoms with Crippen LogP contribution in [0.2, 0.25) is 0 Å². The molecule has 0 atom stereocenters. The zero-order valence-corrected chi connectivity index (χ0v) is 12.1. The van der Waals surface area contributed by atoms with Gasteiger partial charge in [0, 0.05) is 18.4 Å². The maximum absolute atomic E-state index is 12.9. The molecule has 0 unspecified atom stereocenters. The number of fused-ring (bicyclic) bond motifs is 1. The van der Waals surface area contributed by atoms with E-state index >= 15 is 0 Å². The average molecular weight is 350 g/mol. The number of hydrogen-bond acceptors (Lipinski definition) is 2. The minimum atomic E-state index is -4.66. The highest BCUT2D eigenvalue weighted by molar-refractivity contribution is 9.10. The highest BCUT2D eigenvalue weighted by Gasteiger charge is 2.37. The Morgan fingerprint density at radius 3 is 2.65 bits per heavy atom. The van der Waals surface area contributed by atoms with E-state index < -0.39 is 21.9 Å². The predicted octanol–water partition coefficient (Wildman–Crippen LogP) is 3.00. The molecule has 3 rings (SSSR count). The molecule has 2 aromatic rings. The SMILES string of the molecule is Cc1cn2c(=O)c(Br)c(C(F)(F)F)nc2n1CC1CC1. The number of nitrogens with zero attached hydrogens (tertiary/aromatic N) is 3. The van der Waals surface area contributed by atoms with Crippen molar-refractivity contribution in [2.45, 2.75) is 32.5 Å². The minimum Gasteiger partial charge on any atom is -0.314 e. The summed E-state index contributed by atoms with van der Waals surface area (Å²) in [7, 11) is 0. The Morgan fingerprint density at radius 1 is 1.45 bits per heavy atom. The van der Waals surface area contributed by atoms with Gasteiger partial charge in [-0.2, -0.15) is 13.2 Å². The quantitative estimate of drug-likeness (QED) is 0.835. The highest BCUT2D eigenvalue weighted by Crippen LogP contribution is 2.34. The second kappa shape index (κ2) is 4.34. The summed E-state index contributed by atoms with van der Waals surface area (Å²) < 4.78 is 41.1. The largest absolute Gasteiger partial charge is 0.434 e. The monoisotopic (exact) mass is 349 g/mol. The van der Waals surface area contributed by atoms with Gasteiger partial charge < -0.3 is 4.57 Å². The van der Waals surface area contributed by atoms with Crippen LogP contribution in [0, 0.1) is 12.8 Å². The summed E-state index contributed by atoms with van der Waals surface area (Å²) in [5, 5.41) is 0. The maximum Gasteiger partial charge on any atom is 0.434 e. The van der Waals surface area contributed by atoms with E-state index in [9.17, 15) is 18.0 Å². The number of rotatable bonds is 2. The summed E-state index contributed by atoms with van der Waals surface area (Å²) in [5.74, 6) is 0.523. The predicted molar refractivity (Wildman–Crippen MR) is 69.6 cm³/mol. The average Bonchev–Trinajstić information content (AvgIpc) is 3.09. The van der Waals surface area contributed by atoms with Crippen LogP contribution in [0.5, 0.6) is 0 Å². The fourth-order valence-electron chi connectivity index (χ4n) is 2.19. The first-order chi connectivity index (χ1) is 9.29. The molecule has 0 bridgehead atoms. The molecule has 20 heavy (non-hydrogen) atoms. The fourth-order valence-corrected chi connectivity index (χ4v) is 2.70. The van der Waals surface area contributed by atoms with Crippen molar-refractivity contribution in [2.75, 3.05) is 0 Å². The van der Waals surface area contributed by atoms with Crippen LogP contribution in [0.25, 0.3) is 5.78 Å². The van der Waals surface area contributed by atoms with Gasteiger partial charge >= 0.3 is 6.18 Å². The Morgan fingerprint density at radius 2 is 2.10 bits per heavy atom. The van der Waals surface area contributed by atoms with Crippen LogP contribution in [0.1, 0.15) is 24.2 Å². The molecule has 108 valence electrons. The molecule has 1 saturated carbocycles. The molecule has 1 aliphatic rings. The third-order valence-electron chi connectivity index (χ3n) is 3.43. The molecule has 1 fully saturated rings. The second-order valence-electron chi connectivity index (χ2n) is 5.07. The normalized spacial score (nSPS) is 16.1. The summed E-state index contributed by atoms with van der Waals surface area (Å²) in [4.78, 5) is 15.7. The van der Waals surface area contributed by atoms with E-state index in [1.54, 1.807) is 11.5 Å². The van der Waals surface area contributed by atoms with Crippen LogP contribution >= 0.6 is 15.9 Å². The van der Waals surface area contributed by atoms with Crippen molar-refractivity contribution in [1.82, 2.24) is 14.0 Å². The first-order valence-corrected chi connectivity index (χ1v) is 6.93. The van der Waals surface area contributed by atoms with E-state index in [1.807, 2.05) is 0 Å². The van der Waals surface area contributed by atoms with Crippen molar-refractivity contribution in [3.8, 4) is 0 Å². The molecule has 8 heteroatoms. The molecule has 0 radical (unpaired) electrons. The number of alkyl halides is 3. The molecule has 0 spiro atoms. The van der Waals surface area contributed by atoms with Crippen molar-refractivity contribution >= 4 is 21.7 Å². The van der Waals surface area contributed by atoms with Gasteiger partial charge in [0.1, 0.15) is 4.47 Å². The topological polar surface area (TPSA) is 39.3 Å². The molecule has 0 saturated heterocycles. The molecule has 0 aliphatic heterocycles. The zero-order valence-electron chi connectivity index (χ0n) is 10.5. The number of imidazole rings is 1. The smallest absolute Gasteiger partial charge is 0.314 e. The Kier molecular flexibility index (Phi) is 2.97. The number of aryl methyl sites for hydroxylation is 1. The lowest BCUT2D eigenvalue weighted by atomic mass is 10.4. The first kappa shape index (κ1) is 13.7. The Labute approximate surface area is 120 Å². The van der Waals surface area contributed by atoms with Crippen LogP contribution in [-0.2, 0) is 12.7 Å². The van der Waals surface area contributed by atoms with Crippen LogP contribution in [0.4, 0.5) is 13.2 Å². The third-order valence-corrected chi connectivity index (χ3v) is 4.15. The molecule has 0 amide bonds. The van der Waals surface area contributed by atoms with Gasteiger partial charge in [0.05, 0.1) is 0 Å². The second-order valence-corrected chi connectivity index (χ2v) is 5.86. The maximum atomic E-state index is 12.9. The summed E-state index contributed by atoms with van der Waals surface area (Å²) >= 11 is 2.71. The van der Waals surface area contributed by atoms with Gasteiger partial charge in [-0.05, 0) is 41.6 Å². The van der Waals surface area contributed by atoms with Crippen LogP contribution in [-0.4, -0.2) is 14.0 Å². The zero-order chi connectivity index (χ0) is 14.7. The molecule has 0 N–H and O–H groups in total. The number of hydrogen-bond donors (Lipinski definition) is 0. The van der Waals surface area contributed by atoms with Gasteiger partial charge in [-0.25, -0.2) is 4.98 Å². The van der Waals surface area contributed by atoms with Crippen molar-refractivity contribution in [3.63, 3.8) is 0 Å². The first-order valence-electron chi connectivity index (χ1n) is 6.14. The molecule has 2 heterocycles. The lowest BCUT2D eigenvalue weighted by Gasteiger charge is -2.10. The van der Waals surface area contributed by atoms with Crippen LogP contribution in [0.15, 0.2) is 15.5 Å². The van der Waals surface area contributed by atoms with Gasteiger partial charge in [0.2, 0.25) is 5.78 Å². The van der Waals surface area contributed by atoms with E-state index in [0.29, 0.717) is 12.5 Å². The number of aromatic nitrogens is 3. The Hall–Kier alpha value is -1.31. The van der Waals surface area contributed by atoms with Crippen LogP contribution in [0.3, 0.4) is 0 Å². The van der Waals surface area contributed by atoms with Crippen molar-refractivity contribution in [3.05, 3.63) is 32.4 Å². The van der Waals surface area contributed by atoms with Gasteiger partial charge in [-0.3, -0.25) is 9.20 Å². The van der Waals surface area contributed by atoms with Crippen molar-refractivity contribution < 1.29 is 13.2 Å². The molecule has 2 aromatic heterocycles. The Balaban J connectivity index is 2.29. The van der Waals surface area contributed by atoms with E-state index in [2.05, 4.69) is 20.9 Å². The molecule has 0 aromatic carbocycles. The van der Waals surface area contributed by atoms with Gasteiger partial charge in [0.25, 0.3) is 5.56 Å². The lowest BCUT2D eigenvalue weighted by molar-refractivity contribution is -0.141. The van der Waals surface area contributed by atoms with E-state index in [-0.39, 0.29) is 5.78 Å². The van der Waals surface area contributed by atoms with Crippen molar-refractivity contribution in [2.24, 2.45) is 5.92 Å². The summed E-state index contributed by atoms with van der Waals surface area (Å²) in [5.41, 5.74) is -1.18. The highest BCUT2D eigenvalue weighted by atomic mass is 79.9. The third kappa shape index (κ3) is 2.15. The lowest BCUT2D eigenvalue weighted by Crippen LogP contribution is -2.22. The standard InChI is InChI=1S/C12H11BrF3N3O/c1-6-4-19-10(20)8(13)9(12(14,15)16)17-11(19)18(6)5-7-2-3-7/h4,7H,2-3,5H2,1H3. The van der Waals surface area contributed by atoms with E-state index in [4.69, 9.17) is 0 Å². The van der Waals surface area contributed by atoms with Crippen molar-refractivity contribution in [1.29, 1.82) is 0 Å². The van der Waals surface area contributed by atoms with Gasteiger partial charge in [-0.15, -0.1) is 0 Å². The van der Waals surface area contributed by atoms with Gasteiger partial charge in [0.15, 0.2) is 5.69 Å². The van der Waals surface area contributed by atoms with Gasteiger partial charge in [-0.1, -0.05) is 0 Å². The number of halogens is 4. The minimum absolute atomic E-state index is 0.0509. The summed E-state index contributed by atoms with van der Waals surface area (Å²) in [6.07, 6.45) is -0.999. The molecular weight excluding hydrogens is 339 g/mol. The molecule has 4 nitrogen and oxygen atoms in total. The fraction of sp³-hybridized carbons (Fsp3) is 0.500. The summed E-state index contributed by atoms with van der Waals surface area (Å²) in [6.45, 7) is 2.37. The molecule has 1 aliphatic carbocycles. The summed E-state index contributed by atoms with van der Waals surface area (Å²) in [6, 6.07) is 0.